The predicted molar refractivity (Wildman–Crippen MR) is 114 cm³/mol. The first kappa shape index (κ1) is 24.6. The zero-order chi connectivity index (χ0) is 24.9. The Morgan fingerprint density at radius 2 is 1.61 bits per heavy atom. The highest BCUT2D eigenvalue weighted by molar-refractivity contribution is 5.93. The van der Waals surface area contributed by atoms with Crippen LogP contribution >= 0.6 is 0 Å². The number of phenolic OH excluding ortho intramolecular Hbond substituents is 1. The summed E-state index contributed by atoms with van der Waals surface area (Å²) in [6.07, 6.45) is 0. The molecule has 3 rings (SSSR count). The van der Waals surface area contributed by atoms with E-state index < -0.39 is 37.6 Å². The number of nitro benzene ring substituents is 3. The second kappa shape index (κ2) is 10.1. The van der Waals surface area contributed by atoms with E-state index in [2.05, 4.69) is 16.5 Å². The largest absolute Gasteiger partial charge is 0.497 e. The lowest BCUT2D eigenvalue weighted by molar-refractivity contribution is -0.404. The molecule has 0 spiro atoms. The summed E-state index contributed by atoms with van der Waals surface area (Å²) in [7, 11) is 0. The molecule has 0 unspecified atom stereocenters. The van der Waals surface area contributed by atoms with Gasteiger partial charge in [0.05, 0.1) is 50.1 Å². The number of hydrogen-bond donors (Lipinski definition) is 1. The fraction of sp³-hybridized carbons (Fsp3) is 0.263. The molecule has 0 saturated heterocycles. The van der Waals surface area contributed by atoms with Gasteiger partial charge in [0, 0.05) is 6.54 Å². The van der Waals surface area contributed by atoms with Crippen molar-refractivity contribution in [2.75, 3.05) is 6.61 Å². The number of fused-ring (bicyclic) bond motifs is 1. The third-order valence-electron chi connectivity index (χ3n) is 4.43. The van der Waals surface area contributed by atoms with Crippen LogP contribution in [0.2, 0.25) is 0 Å². The summed E-state index contributed by atoms with van der Waals surface area (Å²) in [4.78, 5) is 43.8. The molecule has 0 saturated carbocycles. The number of rotatable bonds is 6. The Balaban J connectivity index is 0.000000234. The molecule has 0 amide bonds. The summed E-state index contributed by atoms with van der Waals surface area (Å²) in [5, 5.41) is 40.2. The highest BCUT2D eigenvalue weighted by Gasteiger charge is 2.30. The fourth-order valence-electron chi connectivity index (χ4n) is 2.96. The van der Waals surface area contributed by atoms with Crippen LogP contribution in [0.1, 0.15) is 30.0 Å². The van der Waals surface area contributed by atoms with Crippen LogP contribution in [0, 0.1) is 37.3 Å². The zero-order valence-electron chi connectivity index (χ0n) is 17.8. The summed E-state index contributed by atoms with van der Waals surface area (Å²) in [6, 6.07) is 6.38. The number of non-ortho nitro benzene ring substituents is 1. The second-order valence-corrected chi connectivity index (χ2v) is 6.43. The number of esters is 1. The van der Waals surface area contributed by atoms with E-state index in [1.165, 1.54) is 0 Å². The molecule has 0 aliphatic rings. The number of ether oxygens (including phenoxy) is 1. The number of nitro groups is 3. The van der Waals surface area contributed by atoms with Gasteiger partial charge in [0.2, 0.25) is 0 Å². The lowest BCUT2D eigenvalue weighted by Gasteiger charge is -2.03. The molecule has 0 bridgehead atoms. The standard InChI is InChI=1S/C13H16N2O2.C6H3N3O7/c1-4-15-9(3)14-11-8-10(6-7-12(11)15)13(16)17-5-2;10-6-4(8(13)14)1-3(7(11)12)2-5(6)9(15)16/h6-8H,4-5H2,1-3H3;1-2,10H. The first-order valence-electron chi connectivity index (χ1n) is 9.45. The van der Waals surface area contributed by atoms with Crippen LogP contribution in [0.3, 0.4) is 0 Å². The maximum Gasteiger partial charge on any atom is 0.338 e. The molecule has 33 heavy (non-hydrogen) atoms. The van der Waals surface area contributed by atoms with Crippen LogP contribution in [-0.2, 0) is 11.3 Å². The molecule has 14 nitrogen and oxygen atoms in total. The minimum atomic E-state index is -1.21. The van der Waals surface area contributed by atoms with Crippen molar-refractivity contribution in [2.24, 2.45) is 0 Å². The van der Waals surface area contributed by atoms with Crippen LogP contribution in [0.15, 0.2) is 30.3 Å². The van der Waals surface area contributed by atoms with Crippen molar-refractivity contribution in [3.05, 3.63) is 72.1 Å². The van der Waals surface area contributed by atoms with Crippen molar-refractivity contribution in [2.45, 2.75) is 27.3 Å². The van der Waals surface area contributed by atoms with Gasteiger partial charge in [-0.15, -0.1) is 0 Å². The molecule has 0 atom stereocenters. The Bertz CT molecular complexity index is 1220. The Kier molecular flexibility index (Phi) is 7.56. The molecule has 0 aliphatic carbocycles. The van der Waals surface area contributed by atoms with Crippen LogP contribution in [0.4, 0.5) is 17.1 Å². The van der Waals surface area contributed by atoms with E-state index in [1.807, 2.05) is 13.0 Å². The number of phenols is 1. The third kappa shape index (κ3) is 5.36. The minimum absolute atomic E-state index is 0.293. The number of nitrogens with zero attached hydrogens (tertiary/aromatic N) is 5. The molecule has 0 aliphatic heterocycles. The Morgan fingerprint density at radius 3 is 2.06 bits per heavy atom. The average molecular weight is 461 g/mol. The molecule has 0 fully saturated rings. The van der Waals surface area contributed by atoms with Crippen molar-refractivity contribution in [1.29, 1.82) is 0 Å². The lowest BCUT2D eigenvalue weighted by atomic mass is 10.2. The van der Waals surface area contributed by atoms with Crippen LogP contribution < -0.4 is 0 Å². The Hall–Kier alpha value is -4.62. The van der Waals surface area contributed by atoms with Gasteiger partial charge in [-0.3, -0.25) is 30.3 Å². The number of carbonyl (C=O) groups is 1. The number of aromatic nitrogens is 2. The predicted octanol–water partition coefficient (Wildman–Crippen LogP) is 3.66. The average Bonchev–Trinajstić information content (AvgIpc) is 3.07. The number of carbonyl (C=O) groups excluding carboxylic acids is 1. The van der Waals surface area contributed by atoms with Gasteiger partial charge in [-0.1, -0.05) is 0 Å². The maximum absolute atomic E-state index is 11.6. The van der Waals surface area contributed by atoms with E-state index >= 15 is 0 Å². The van der Waals surface area contributed by atoms with Crippen LogP contribution in [0.25, 0.3) is 11.0 Å². The Labute approximate surface area is 185 Å². The van der Waals surface area contributed by atoms with E-state index in [1.54, 1.807) is 19.1 Å². The number of hydrogen-bond acceptors (Lipinski definition) is 10. The van der Waals surface area contributed by atoms with Gasteiger partial charge in [-0.2, -0.15) is 0 Å². The topological polar surface area (TPSA) is 194 Å². The first-order valence-corrected chi connectivity index (χ1v) is 9.45. The van der Waals surface area contributed by atoms with Crippen molar-refractivity contribution >= 4 is 34.1 Å². The minimum Gasteiger partial charge on any atom is -0.497 e. The third-order valence-corrected chi connectivity index (χ3v) is 4.43. The van der Waals surface area contributed by atoms with Gasteiger partial charge in [0.15, 0.2) is 0 Å². The van der Waals surface area contributed by atoms with Crippen molar-refractivity contribution in [1.82, 2.24) is 9.55 Å². The van der Waals surface area contributed by atoms with Gasteiger partial charge >= 0.3 is 17.3 Å². The number of benzene rings is 2. The lowest BCUT2D eigenvalue weighted by Crippen LogP contribution is -2.04. The molecule has 14 heteroatoms. The highest BCUT2D eigenvalue weighted by Crippen LogP contribution is 2.38. The normalized spacial score (nSPS) is 10.3. The smallest absolute Gasteiger partial charge is 0.338 e. The fourth-order valence-corrected chi connectivity index (χ4v) is 2.96. The second-order valence-electron chi connectivity index (χ2n) is 6.43. The Morgan fingerprint density at radius 1 is 1.03 bits per heavy atom. The van der Waals surface area contributed by atoms with E-state index in [0.29, 0.717) is 24.3 Å². The van der Waals surface area contributed by atoms with E-state index in [-0.39, 0.29) is 5.97 Å². The quantitative estimate of drug-likeness (QED) is 0.321. The van der Waals surface area contributed by atoms with Crippen molar-refractivity contribution in [3.63, 3.8) is 0 Å². The molecular formula is C19H19N5O9. The summed E-state index contributed by atoms with van der Waals surface area (Å²) in [5.41, 5.74) is -0.550. The summed E-state index contributed by atoms with van der Waals surface area (Å²) < 4.78 is 7.08. The molecular weight excluding hydrogens is 442 g/mol. The summed E-state index contributed by atoms with van der Waals surface area (Å²) in [6.45, 7) is 7.10. The molecule has 1 aromatic heterocycles. The van der Waals surface area contributed by atoms with Crippen molar-refractivity contribution in [3.8, 4) is 5.75 Å². The van der Waals surface area contributed by atoms with E-state index in [0.717, 1.165) is 23.4 Å². The number of imidazole rings is 1. The summed E-state index contributed by atoms with van der Waals surface area (Å²) in [5.74, 6) is -0.540. The molecule has 1 N–H and O–H groups in total. The highest BCUT2D eigenvalue weighted by atomic mass is 16.6. The van der Waals surface area contributed by atoms with Gasteiger partial charge in [0.1, 0.15) is 5.82 Å². The van der Waals surface area contributed by atoms with Crippen molar-refractivity contribution < 1.29 is 29.4 Å². The number of aryl methyl sites for hydroxylation is 2. The SMILES string of the molecule is CCOC(=O)c1ccc2c(c1)nc(C)n2CC.O=[N+]([O-])c1cc([N+](=O)[O-])c(O)c([N+](=O)[O-])c1. The van der Waals surface area contributed by atoms with Gasteiger partial charge in [-0.25, -0.2) is 9.78 Å². The monoisotopic (exact) mass is 461 g/mol. The maximum atomic E-state index is 11.6. The van der Waals surface area contributed by atoms with Gasteiger partial charge < -0.3 is 14.4 Å². The molecule has 174 valence electrons. The van der Waals surface area contributed by atoms with Crippen LogP contribution in [-0.4, -0.2) is 42.0 Å². The number of aromatic hydroxyl groups is 1. The molecule has 1 heterocycles. The van der Waals surface area contributed by atoms with Gasteiger partial charge in [0.25, 0.3) is 11.4 Å². The van der Waals surface area contributed by atoms with E-state index in [4.69, 9.17) is 9.84 Å². The summed E-state index contributed by atoms with van der Waals surface area (Å²) >= 11 is 0. The van der Waals surface area contributed by atoms with E-state index in [9.17, 15) is 35.1 Å². The molecule has 2 aromatic carbocycles. The molecule has 0 radical (unpaired) electrons. The molecule has 3 aromatic rings. The first-order chi connectivity index (χ1) is 15.5. The zero-order valence-corrected chi connectivity index (χ0v) is 17.8. The van der Waals surface area contributed by atoms with Crippen LogP contribution in [0.5, 0.6) is 5.75 Å². The van der Waals surface area contributed by atoms with Gasteiger partial charge in [-0.05, 0) is 39.0 Å².